The molecule has 0 radical (unpaired) electrons. The average molecular weight is 533 g/mol. The smallest absolute Gasteiger partial charge is 0.274 e. The van der Waals surface area contributed by atoms with Gasteiger partial charge in [0.2, 0.25) is 18.2 Å². The molecule has 0 spiro atoms. The fourth-order valence-electron chi connectivity index (χ4n) is 5.18. The van der Waals surface area contributed by atoms with Gasteiger partial charge in [-0.05, 0) is 37.6 Å². The summed E-state index contributed by atoms with van der Waals surface area (Å²) in [5, 5.41) is 0.588. The van der Waals surface area contributed by atoms with E-state index in [1.165, 1.54) is 6.92 Å². The Hall–Kier alpha value is -4.21. The van der Waals surface area contributed by atoms with Crippen molar-refractivity contribution < 1.29 is 13.9 Å². The summed E-state index contributed by atoms with van der Waals surface area (Å²) in [6, 6.07) is 11.4. The summed E-state index contributed by atoms with van der Waals surface area (Å²) in [6.45, 7) is 9.26. The molecular weight excluding hydrogens is 499 g/mol. The highest BCUT2D eigenvalue weighted by Gasteiger charge is 2.26. The first-order chi connectivity index (χ1) is 18.6. The van der Waals surface area contributed by atoms with E-state index in [9.17, 15) is 14.0 Å². The van der Waals surface area contributed by atoms with Crippen LogP contribution in [0.25, 0.3) is 22.0 Å². The summed E-state index contributed by atoms with van der Waals surface area (Å²) in [4.78, 5) is 38.0. The number of hydrogen-bond acceptors (Lipinski definition) is 6. The summed E-state index contributed by atoms with van der Waals surface area (Å²) in [5.74, 6) is 1.15. The van der Waals surface area contributed by atoms with Gasteiger partial charge in [0, 0.05) is 70.1 Å². The number of benzene rings is 2. The molecule has 2 atom stereocenters. The average Bonchev–Trinajstić information content (AvgIpc) is 3.14. The maximum absolute atomic E-state index is 13.7. The summed E-state index contributed by atoms with van der Waals surface area (Å²) in [7, 11) is 1.72. The molecule has 0 aliphatic carbocycles. The number of carbonyl (C=O) groups excluding carboxylic acids is 1. The van der Waals surface area contributed by atoms with Crippen LogP contribution in [-0.4, -0.2) is 62.2 Å². The fraction of sp³-hybridized carbons (Fsp3) is 0.379. The number of ether oxygens (including phenoxy) is 1. The first-order valence-corrected chi connectivity index (χ1v) is 13.1. The Morgan fingerprint density at radius 3 is 2.54 bits per heavy atom. The van der Waals surface area contributed by atoms with Gasteiger partial charge in [0.1, 0.15) is 5.75 Å². The lowest BCUT2D eigenvalue weighted by Gasteiger charge is -2.39. The standard InChI is InChI=1S/C29H33FN6O3/c1-18-6-9-27(39-20(3)30)23(12-18)17-36-26-13-22(7-8-25(26)28(38)33(36)5)24-14-31-29(32-15-24)35-11-10-34(21(4)37)16-19(35)2/h6-9,12-15,19-20H,10-11,16-17H2,1-5H3/t19-,20?/m1/s1. The highest BCUT2D eigenvalue weighted by atomic mass is 19.1. The normalized spacial score (nSPS) is 16.5. The number of alkyl halides is 1. The third-order valence-corrected chi connectivity index (χ3v) is 7.29. The molecular formula is C29H33FN6O3. The van der Waals surface area contributed by atoms with Crippen LogP contribution in [0.1, 0.15) is 31.9 Å². The first kappa shape index (κ1) is 26.4. The molecule has 39 heavy (non-hydrogen) atoms. The topological polar surface area (TPSA) is 85.5 Å². The van der Waals surface area contributed by atoms with Gasteiger partial charge in [-0.2, -0.15) is 0 Å². The fourth-order valence-corrected chi connectivity index (χ4v) is 5.18. The zero-order chi connectivity index (χ0) is 27.8. The van der Waals surface area contributed by atoms with Gasteiger partial charge in [-0.3, -0.25) is 19.0 Å². The lowest BCUT2D eigenvalue weighted by atomic mass is 10.1. The highest BCUT2D eigenvalue weighted by molar-refractivity contribution is 5.84. The molecule has 1 saturated heterocycles. The summed E-state index contributed by atoms with van der Waals surface area (Å²) < 4.78 is 22.5. The van der Waals surface area contributed by atoms with Crippen molar-refractivity contribution >= 4 is 22.8 Å². The van der Waals surface area contributed by atoms with Crippen LogP contribution in [0.2, 0.25) is 0 Å². The Kier molecular flexibility index (Phi) is 7.12. The molecule has 1 aliphatic heterocycles. The third kappa shape index (κ3) is 5.23. The van der Waals surface area contributed by atoms with Crippen LogP contribution in [0.3, 0.4) is 0 Å². The molecule has 1 fully saturated rings. The number of anilines is 1. The third-order valence-electron chi connectivity index (χ3n) is 7.29. The molecule has 4 aromatic rings. The Morgan fingerprint density at radius 1 is 1.13 bits per heavy atom. The number of nitrogens with zero attached hydrogens (tertiary/aromatic N) is 6. The lowest BCUT2D eigenvalue weighted by molar-refractivity contribution is -0.129. The molecule has 0 N–H and O–H groups in total. The van der Waals surface area contributed by atoms with E-state index in [1.54, 1.807) is 37.1 Å². The maximum Gasteiger partial charge on any atom is 0.274 e. The molecule has 2 aromatic heterocycles. The van der Waals surface area contributed by atoms with Gasteiger partial charge in [-0.15, -0.1) is 0 Å². The van der Waals surface area contributed by atoms with Crippen LogP contribution in [0, 0.1) is 6.92 Å². The van der Waals surface area contributed by atoms with Gasteiger partial charge in [-0.1, -0.05) is 23.8 Å². The number of aromatic nitrogens is 4. The second-order valence-electron chi connectivity index (χ2n) is 10.2. The van der Waals surface area contributed by atoms with E-state index in [0.717, 1.165) is 27.8 Å². The van der Waals surface area contributed by atoms with Crippen molar-refractivity contribution in [3.05, 3.63) is 70.3 Å². The van der Waals surface area contributed by atoms with Crippen LogP contribution >= 0.6 is 0 Å². The van der Waals surface area contributed by atoms with Crippen LogP contribution < -0.4 is 15.2 Å². The van der Waals surface area contributed by atoms with Crippen molar-refractivity contribution in [2.24, 2.45) is 7.05 Å². The van der Waals surface area contributed by atoms with E-state index in [1.807, 2.05) is 46.8 Å². The summed E-state index contributed by atoms with van der Waals surface area (Å²) >= 11 is 0. The number of aryl methyl sites for hydroxylation is 1. The zero-order valence-corrected chi connectivity index (χ0v) is 22.9. The van der Waals surface area contributed by atoms with Crippen molar-refractivity contribution in [1.29, 1.82) is 0 Å². The Labute approximate surface area is 226 Å². The molecule has 5 rings (SSSR count). The molecule has 0 saturated carbocycles. The maximum atomic E-state index is 13.7. The van der Waals surface area contributed by atoms with Gasteiger partial charge >= 0.3 is 0 Å². The van der Waals surface area contributed by atoms with E-state index in [0.29, 0.717) is 43.3 Å². The molecule has 0 bridgehead atoms. The number of halogens is 1. The number of fused-ring (bicyclic) bond motifs is 1. The van der Waals surface area contributed by atoms with Crippen molar-refractivity contribution in [1.82, 2.24) is 24.2 Å². The molecule has 10 heteroatoms. The van der Waals surface area contributed by atoms with Crippen LogP contribution in [0.15, 0.2) is 53.6 Å². The SMILES string of the molecule is CC(=O)N1CCN(c2ncc(-c3ccc4c(=O)n(C)n(Cc5cc(C)ccc5OC(C)F)c4c3)cn2)[C@H](C)C1. The number of carbonyl (C=O) groups is 1. The quantitative estimate of drug-likeness (QED) is 0.375. The Morgan fingerprint density at radius 2 is 1.87 bits per heavy atom. The highest BCUT2D eigenvalue weighted by Crippen LogP contribution is 2.27. The second kappa shape index (κ2) is 10.5. The minimum atomic E-state index is -1.45. The summed E-state index contributed by atoms with van der Waals surface area (Å²) in [5.41, 5.74) is 4.13. The monoisotopic (exact) mass is 532 g/mol. The van der Waals surface area contributed by atoms with Crippen LogP contribution in [-0.2, 0) is 18.4 Å². The van der Waals surface area contributed by atoms with Crippen LogP contribution in [0.5, 0.6) is 5.75 Å². The number of rotatable bonds is 6. The van der Waals surface area contributed by atoms with Gasteiger partial charge in [0.15, 0.2) is 0 Å². The zero-order valence-electron chi connectivity index (χ0n) is 22.9. The van der Waals surface area contributed by atoms with Crippen molar-refractivity contribution in [2.75, 3.05) is 24.5 Å². The minimum absolute atomic E-state index is 0.0793. The number of amides is 1. The van der Waals surface area contributed by atoms with Crippen molar-refractivity contribution in [3.8, 4) is 16.9 Å². The van der Waals surface area contributed by atoms with Gasteiger partial charge in [-0.25, -0.2) is 14.4 Å². The van der Waals surface area contributed by atoms with E-state index in [2.05, 4.69) is 21.8 Å². The second-order valence-corrected chi connectivity index (χ2v) is 10.2. The lowest BCUT2D eigenvalue weighted by Crippen LogP contribution is -2.53. The summed E-state index contributed by atoms with van der Waals surface area (Å²) in [6.07, 6.45) is 2.12. The number of piperazine rings is 1. The van der Waals surface area contributed by atoms with E-state index < -0.39 is 6.36 Å². The largest absolute Gasteiger partial charge is 0.460 e. The molecule has 1 aliphatic rings. The van der Waals surface area contributed by atoms with Gasteiger partial charge < -0.3 is 14.5 Å². The predicted octanol–water partition coefficient (Wildman–Crippen LogP) is 3.91. The molecule has 1 amide bonds. The number of hydrogen-bond donors (Lipinski definition) is 0. The van der Waals surface area contributed by atoms with Crippen molar-refractivity contribution in [3.63, 3.8) is 0 Å². The molecule has 9 nitrogen and oxygen atoms in total. The Balaban J connectivity index is 1.46. The van der Waals surface area contributed by atoms with E-state index in [-0.39, 0.29) is 17.5 Å². The predicted molar refractivity (Wildman–Crippen MR) is 149 cm³/mol. The van der Waals surface area contributed by atoms with E-state index in [4.69, 9.17) is 4.74 Å². The van der Waals surface area contributed by atoms with Gasteiger partial charge in [0.25, 0.3) is 5.56 Å². The van der Waals surface area contributed by atoms with Gasteiger partial charge in [0.05, 0.1) is 17.4 Å². The first-order valence-electron chi connectivity index (χ1n) is 13.1. The van der Waals surface area contributed by atoms with Crippen molar-refractivity contribution in [2.45, 2.75) is 46.6 Å². The molecule has 2 aromatic carbocycles. The Bertz CT molecular complexity index is 1580. The molecule has 204 valence electrons. The molecule has 1 unspecified atom stereocenters. The molecule has 3 heterocycles. The minimum Gasteiger partial charge on any atom is -0.460 e. The van der Waals surface area contributed by atoms with E-state index >= 15 is 0 Å². The van der Waals surface area contributed by atoms with Crippen LogP contribution in [0.4, 0.5) is 10.3 Å².